The topological polar surface area (TPSA) is 12.0 Å². The molecule has 1 aliphatic carbocycles. The molecule has 1 aromatic rings. The lowest BCUT2D eigenvalue weighted by Crippen LogP contribution is -2.26. The van der Waals surface area contributed by atoms with E-state index in [2.05, 4.69) is 12.2 Å². The minimum absolute atomic E-state index is 0.101. The molecule has 1 saturated carbocycles. The Balaban J connectivity index is 2.15. The first-order valence-corrected chi connectivity index (χ1v) is 6.77. The van der Waals surface area contributed by atoms with E-state index < -0.39 is 0 Å². The summed E-state index contributed by atoms with van der Waals surface area (Å²) in [6.45, 7) is 2.90. The van der Waals surface area contributed by atoms with E-state index in [1.807, 2.05) is 12.1 Å². The summed E-state index contributed by atoms with van der Waals surface area (Å²) >= 11 is 5.84. The van der Waals surface area contributed by atoms with Crippen LogP contribution in [0.4, 0.5) is 4.39 Å². The molecule has 0 saturated heterocycles. The van der Waals surface area contributed by atoms with Crippen molar-refractivity contribution in [2.24, 2.45) is 5.92 Å². The molecule has 0 aliphatic heterocycles. The van der Waals surface area contributed by atoms with Crippen LogP contribution in [-0.4, -0.2) is 6.54 Å². The van der Waals surface area contributed by atoms with E-state index in [1.165, 1.54) is 19.3 Å². The van der Waals surface area contributed by atoms with Gasteiger partial charge in [-0.2, -0.15) is 0 Å². The Morgan fingerprint density at radius 2 is 2.24 bits per heavy atom. The third kappa shape index (κ3) is 2.99. The Morgan fingerprint density at radius 3 is 2.82 bits per heavy atom. The summed E-state index contributed by atoms with van der Waals surface area (Å²) < 4.78 is 14.0. The Labute approximate surface area is 107 Å². The Morgan fingerprint density at radius 1 is 1.47 bits per heavy atom. The van der Waals surface area contributed by atoms with Gasteiger partial charge in [0.25, 0.3) is 0 Å². The Bertz CT molecular complexity index is 376. The highest BCUT2D eigenvalue weighted by Gasteiger charge is 2.24. The summed E-state index contributed by atoms with van der Waals surface area (Å²) in [6.07, 6.45) is 4.90. The van der Waals surface area contributed by atoms with Gasteiger partial charge in [-0.1, -0.05) is 49.9 Å². The first-order chi connectivity index (χ1) is 8.22. The predicted molar refractivity (Wildman–Crippen MR) is 69.8 cm³/mol. The second kappa shape index (κ2) is 5.83. The lowest BCUT2D eigenvalue weighted by molar-refractivity contribution is 0.260. The van der Waals surface area contributed by atoms with Crippen molar-refractivity contribution in [2.75, 3.05) is 6.54 Å². The number of nitrogens with one attached hydrogen (secondary N) is 1. The number of hydrogen-bond donors (Lipinski definition) is 1. The summed E-state index contributed by atoms with van der Waals surface area (Å²) in [4.78, 5) is 0. The first-order valence-electron chi connectivity index (χ1n) is 6.39. The van der Waals surface area contributed by atoms with Gasteiger partial charge in [0.2, 0.25) is 0 Å². The highest BCUT2D eigenvalue weighted by Crippen LogP contribution is 2.36. The first kappa shape index (κ1) is 12.8. The third-order valence-electron chi connectivity index (χ3n) is 3.60. The maximum atomic E-state index is 14.0. The summed E-state index contributed by atoms with van der Waals surface area (Å²) in [5.74, 6) is 0.483. The monoisotopic (exact) mass is 255 g/mol. The van der Waals surface area contributed by atoms with Gasteiger partial charge in [0, 0.05) is 11.6 Å². The van der Waals surface area contributed by atoms with Crippen molar-refractivity contribution in [2.45, 2.75) is 38.6 Å². The lowest BCUT2D eigenvalue weighted by Gasteiger charge is -2.30. The molecule has 0 aromatic heterocycles. The molecular formula is C14H19ClFN. The largest absolute Gasteiger partial charge is 0.310 e. The fourth-order valence-corrected chi connectivity index (χ4v) is 2.60. The molecule has 1 aromatic carbocycles. The molecule has 0 bridgehead atoms. The highest BCUT2D eigenvalue weighted by atomic mass is 35.5. The molecule has 1 nitrogen and oxygen atoms in total. The van der Waals surface area contributed by atoms with Crippen LogP contribution in [0.2, 0.25) is 5.02 Å². The zero-order valence-corrected chi connectivity index (χ0v) is 10.9. The van der Waals surface area contributed by atoms with E-state index >= 15 is 0 Å². The Kier molecular flexibility index (Phi) is 4.41. The normalized spacial score (nSPS) is 17.8. The van der Waals surface area contributed by atoms with E-state index in [4.69, 9.17) is 11.6 Å². The van der Waals surface area contributed by atoms with Gasteiger partial charge in [-0.15, -0.1) is 0 Å². The molecule has 1 aliphatic rings. The summed E-state index contributed by atoms with van der Waals surface area (Å²) in [7, 11) is 0. The smallest absolute Gasteiger partial charge is 0.146 e. The number of rotatable bonds is 5. The zero-order valence-electron chi connectivity index (χ0n) is 10.2. The van der Waals surface area contributed by atoms with Crippen molar-refractivity contribution >= 4 is 11.6 Å². The lowest BCUT2D eigenvalue weighted by atomic mass is 9.79. The molecule has 1 atom stereocenters. The maximum Gasteiger partial charge on any atom is 0.146 e. The van der Waals surface area contributed by atoms with E-state index in [1.54, 1.807) is 6.07 Å². The summed E-state index contributed by atoms with van der Waals surface area (Å²) in [6, 6.07) is 5.37. The van der Waals surface area contributed by atoms with Gasteiger partial charge in [0.1, 0.15) is 5.82 Å². The number of halogens is 2. The second-order valence-electron chi connectivity index (χ2n) is 4.79. The van der Waals surface area contributed by atoms with Gasteiger partial charge >= 0.3 is 0 Å². The average molecular weight is 256 g/mol. The van der Waals surface area contributed by atoms with Crippen molar-refractivity contribution in [1.82, 2.24) is 5.32 Å². The predicted octanol–water partition coefficient (Wildman–Crippen LogP) is 4.32. The Hall–Kier alpha value is -0.600. The molecule has 94 valence electrons. The molecule has 1 unspecified atom stereocenters. The summed E-state index contributed by atoms with van der Waals surface area (Å²) in [5.41, 5.74) is 0.714. The summed E-state index contributed by atoms with van der Waals surface area (Å²) in [5, 5.41) is 3.59. The highest BCUT2D eigenvalue weighted by molar-refractivity contribution is 6.30. The van der Waals surface area contributed by atoms with Crippen molar-refractivity contribution < 1.29 is 4.39 Å². The maximum absolute atomic E-state index is 14.0. The van der Waals surface area contributed by atoms with Gasteiger partial charge in [0.05, 0.1) is 5.02 Å². The minimum atomic E-state index is -0.264. The molecule has 1 N–H and O–H groups in total. The molecule has 3 heteroatoms. The van der Waals surface area contributed by atoms with Crippen molar-refractivity contribution in [1.29, 1.82) is 0 Å². The van der Waals surface area contributed by atoms with Gasteiger partial charge in [-0.25, -0.2) is 4.39 Å². The molecular weight excluding hydrogens is 237 g/mol. The second-order valence-corrected chi connectivity index (χ2v) is 5.19. The van der Waals surface area contributed by atoms with E-state index in [0.29, 0.717) is 5.56 Å². The van der Waals surface area contributed by atoms with Crippen LogP contribution in [0.15, 0.2) is 18.2 Å². The van der Waals surface area contributed by atoms with Crippen LogP contribution >= 0.6 is 11.6 Å². The quantitative estimate of drug-likeness (QED) is 0.826. The van der Waals surface area contributed by atoms with E-state index in [0.717, 1.165) is 18.9 Å². The fraction of sp³-hybridized carbons (Fsp3) is 0.571. The van der Waals surface area contributed by atoms with Crippen LogP contribution in [-0.2, 0) is 0 Å². The van der Waals surface area contributed by atoms with Crippen LogP contribution in [0.3, 0.4) is 0 Å². The number of benzene rings is 1. The van der Waals surface area contributed by atoms with Gasteiger partial charge in [-0.05, 0) is 24.9 Å². The van der Waals surface area contributed by atoms with Gasteiger partial charge < -0.3 is 5.32 Å². The molecule has 0 radical (unpaired) electrons. The SMILES string of the molecule is CCNC(CC1CCC1)c1cccc(Cl)c1F. The molecule has 0 spiro atoms. The minimum Gasteiger partial charge on any atom is -0.310 e. The van der Waals surface area contributed by atoms with Crippen LogP contribution in [0.1, 0.15) is 44.2 Å². The van der Waals surface area contributed by atoms with E-state index in [-0.39, 0.29) is 16.9 Å². The van der Waals surface area contributed by atoms with Crippen molar-refractivity contribution in [3.63, 3.8) is 0 Å². The van der Waals surface area contributed by atoms with E-state index in [9.17, 15) is 4.39 Å². The van der Waals surface area contributed by atoms with Crippen molar-refractivity contribution in [3.8, 4) is 0 Å². The van der Waals surface area contributed by atoms with Gasteiger partial charge in [-0.3, -0.25) is 0 Å². The molecule has 0 amide bonds. The fourth-order valence-electron chi connectivity index (χ4n) is 2.42. The third-order valence-corrected chi connectivity index (χ3v) is 3.89. The van der Waals surface area contributed by atoms with Gasteiger partial charge in [0.15, 0.2) is 0 Å². The molecule has 1 fully saturated rings. The zero-order chi connectivity index (χ0) is 12.3. The van der Waals surface area contributed by atoms with Crippen LogP contribution < -0.4 is 5.32 Å². The standard InChI is InChI=1S/C14H19ClFN/c1-2-17-13(9-10-5-3-6-10)11-7-4-8-12(15)14(11)16/h4,7-8,10,13,17H,2-3,5-6,9H2,1H3. The van der Waals surface area contributed by atoms with Crippen molar-refractivity contribution in [3.05, 3.63) is 34.6 Å². The molecule has 0 heterocycles. The molecule has 2 rings (SSSR count). The molecule has 17 heavy (non-hydrogen) atoms. The average Bonchev–Trinajstić information content (AvgIpc) is 2.26. The number of hydrogen-bond acceptors (Lipinski definition) is 1. The van der Waals surface area contributed by atoms with Crippen LogP contribution in [0.5, 0.6) is 0 Å². The van der Waals surface area contributed by atoms with Crippen LogP contribution in [0.25, 0.3) is 0 Å². The van der Waals surface area contributed by atoms with Crippen LogP contribution in [0, 0.1) is 11.7 Å².